The smallest absolute Gasteiger partial charge is 0.0328 e. The van der Waals surface area contributed by atoms with Gasteiger partial charge in [0.05, 0.1) is 0 Å². The van der Waals surface area contributed by atoms with Crippen LogP contribution in [0.2, 0.25) is 0 Å². The molecule has 1 atom stereocenters. The van der Waals surface area contributed by atoms with Gasteiger partial charge in [-0.05, 0) is 51.4 Å². The van der Waals surface area contributed by atoms with Crippen molar-refractivity contribution in [3.63, 3.8) is 0 Å². The Morgan fingerprint density at radius 3 is 2.94 bits per heavy atom. The van der Waals surface area contributed by atoms with Crippen molar-refractivity contribution in [2.45, 2.75) is 52.1 Å². The van der Waals surface area contributed by atoms with Crippen LogP contribution in [0.25, 0.3) is 0 Å². The monoisotopic (exact) mass is 266 g/mol. The summed E-state index contributed by atoms with van der Waals surface area (Å²) in [5.41, 5.74) is 0. The molecule has 0 saturated carbocycles. The van der Waals surface area contributed by atoms with Crippen LogP contribution in [0.4, 0.5) is 0 Å². The van der Waals surface area contributed by atoms with Gasteiger partial charge in [0.25, 0.3) is 0 Å². The zero-order valence-electron chi connectivity index (χ0n) is 11.7. The fourth-order valence-electron chi connectivity index (χ4n) is 2.63. The molecule has 2 nitrogen and oxygen atoms in total. The molecule has 1 fully saturated rings. The molecule has 1 aromatic heterocycles. The van der Waals surface area contributed by atoms with E-state index in [1.807, 2.05) is 11.3 Å². The first kappa shape index (κ1) is 14.0. The molecule has 0 amide bonds. The standard InChI is InChI=1S/C15H26N2S/c1-3-4-10-17(11-14-6-5-9-16-14)12-15-8-7-13(2)18-15/h7-8,14,16H,3-6,9-12H2,1-2H3. The molecule has 2 rings (SSSR count). The largest absolute Gasteiger partial charge is 0.313 e. The predicted octanol–water partition coefficient (Wildman–Crippen LogP) is 3.41. The number of nitrogens with zero attached hydrogens (tertiary/aromatic N) is 1. The fraction of sp³-hybridized carbons (Fsp3) is 0.733. The van der Waals surface area contributed by atoms with Crippen LogP contribution in [0.15, 0.2) is 12.1 Å². The topological polar surface area (TPSA) is 15.3 Å². The SMILES string of the molecule is CCCCN(Cc1ccc(C)s1)CC1CCCN1. The van der Waals surface area contributed by atoms with E-state index in [1.54, 1.807) is 0 Å². The lowest BCUT2D eigenvalue weighted by Gasteiger charge is -2.25. The molecule has 0 radical (unpaired) electrons. The van der Waals surface area contributed by atoms with Gasteiger partial charge in [-0.2, -0.15) is 0 Å². The first-order chi connectivity index (χ1) is 8.78. The van der Waals surface area contributed by atoms with Crippen LogP contribution in [-0.4, -0.2) is 30.6 Å². The van der Waals surface area contributed by atoms with E-state index in [9.17, 15) is 0 Å². The third kappa shape index (κ3) is 4.38. The maximum absolute atomic E-state index is 3.62. The highest BCUT2D eigenvalue weighted by atomic mass is 32.1. The summed E-state index contributed by atoms with van der Waals surface area (Å²) in [6.07, 6.45) is 5.31. The summed E-state index contributed by atoms with van der Waals surface area (Å²) in [4.78, 5) is 5.58. The number of unbranched alkanes of at least 4 members (excludes halogenated alkanes) is 1. The van der Waals surface area contributed by atoms with Crippen LogP contribution >= 0.6 is 11.3 Å². The molecule has 18 heavy (non-hydrogen) atoms. The maximum Gasteiger partial charge on any atom is 0.0328 e. The van der Waals surface area contributed by atoms with Crippen molar-refractivity contribution in [1.29, 1.82) is 0 Å². The number of hydrogen-bond acceptors (Lipinski definition) is 3. The first-order valence-electron chi connectivity index (χ1n) is 7.29. The van der Waals surface area contributed by atoms with Gasteiger partial charge >= 0.3 is 0 Å². The average molecular weight is 266 g/mol. The van der Waals surface area contributed by atoms with E-state index >= 15 is 0 Å². The van der Waals surface area contributed by atoms with Gasteiger partial charge in [-0.3, -0.25) is 4.90 Å². The third-order valence-electron chi connectivity index (χ3n) is 3.64. The Balaban J connectivity index is 1.86. The van der Waals surface area contributed by atoms with Gasteiger partial charge in [-0.25, -0.2) is 0 Å². The summed E-state index contributed by atoms with van der Waals surface area (Å²) in [5, 5.41) is 3.62. The Hall–Kier alpha value is -0.380. The van der Waals surface area contributed by atoms with E-state index in [2.05, 4.69) is 36.2 Å². The van der Waals surface area contributed by atoms with Crippen LogP contribution in [-0.2, 0) is 6.54 Å². The number of nitrogens with one attached hydrogen (secondary N) is 1. The first-order valence-corrected chi connectivity index (χ1v) is 8.10. The maximum atomic E-state index is 3.62. The van der Waals surface area contributed by atoms with Gasteiger partial charge < -0.3 is 5.32 Å². The Morgan fingerprint density at radius 1 is 1.44 bits per heavy atom. The van der Waals surface area contributed by atoms with E-state index in [0.717, 1.165) is 12.6 Å². The van der Waals surface area contributed by atoms with Crippen LogP contribution in [0.3, 0.4) is 0 Å². The molecular weight excluding hydrogens is 240 g/mol. The van der Waals surface area contributed by atoms with Gasteiger partial charge in [0.1, 0.15) is 0 Å². The van der Waals surface area contributed by atoms with Crippen LogP contribution in [0, 0.1) is 6.92 Å². The van der Waals surface area contributed by atoms with Gasteiger partial charge in [-0.1, -0.05) is 13.3 Å². The number of aryl methyl sites for hydroxylation is 1. The second-order valence-electron chi connectivity index (χ2n) is 5.39. The molecule has 0 aliphatic carbocycles. The minimum atomic E-state index is 0.725. The zero-order valence-corrected chi connectivity index (χ0v) is 12.6. The second kappa shape index (κ2) is 7.27. The number of hydrogen-bond donors (Lipinski definition) is 1. The summed E-state index contributed by atoms with van der Waals surface area (Å²) >= 11 is 1.95. The summed E-state index contributed by atoms with van der Waals surface area (Å²) in [6.45, 7) is 9.29. The third-order valence-corrected chi connectivity index (χ3v) is 4.63. The molecule has 1 unspecified atom stereocenters. The lowest BCUT2D eigenvalue weighted by atomic mass is 10.2. The van der Waals surface area contributed by atoms with Crippen LogP contribution in [0.1, 0.15) is 42.4 Å². The number of thiophene rings is 1. The highest BCUT2D eigenvalue weighted by molar-refractivity contribution is 7.11. The van der Waals surface area contributed by atoms with Crippen molar-refractivity contribution >= 4 is 11.3 Å². The van der Waals surface area contributed by atoms with Crippen LogP contribution in [0.5, 0.6) is 0 Å². The molecule has 0 aromatic carbocycles. The molecule has 2 heterocycles. The highest BCUT2D eigenvalue weighted by Crippen LogP contribution is 2.18. The van der Waals surface area contributed by atoms with Crippen molar-refractivity contribution in [2.75, 3.05) is 19.6 Å². The van der Waals surface area contributed by atoms with Crippen LogP contribution < -0.4 is 5.32 Å². The molecule has 1 saturated heterocycles. The Kier molecular flexibility index (Phi) is 5.67. The molecule has 1 aliphatic rings. The highest BCUT2D eigenvalue weighted by Gasteiger charge is 2.18. The lowest BCUT2D eigenvalue weighted by molar-refractivity contribution is 0.239. The summed E-state index contributed by atoms with van der Waals surface area (Å²) < 4.78 is 0. The molecule has 102 valence electrons. The van der Waals surface area contributed by atoms with Crippen molar-refractivity contribution in [1.82, 2.24) is 10.2 Å². The van der Waals surface area contributed by atoms with E-state index < -0.39 is 0 Å². The van der Waals surface area contributed by atoms with Gasteiger partial charge in [0, 0.05) is 28.9 Å². The fourth-order valence-corrected chi connectivity index (χ4v) is 3.56. The summed E-state index contributed by atoms with van der Waals surface area (Å²) in [7, 11) is 0. The van der Waals surface area contributed by atoms with E-state index in [4.69, 9.17) is 0 Å². The van der Waals surface area contributed by atoms with Gasteiger partial charge in [0.15, 0.2) is 0 Å². The van der Waals surface area contributed by atoms with E-state index in [0.29, 0.717) is 0 Å². The normalized spacial score (nSPS) is 19.8. The van der Waals surface area contributed by atoms with Crippen molar-refractivity contribution < 1.29 is 0 Å². The minimum absolute atomic E-state index is 0.725. The number of rotatable bonds is 7. The van der Waals surface area contributed by atoms with E-state index in [1.165, 1.54) is 55.1 Å². The summed E-state index contributed by atoms with van der Waals surface area (Å²) in [5.74, 6) is 0. The van der Waals surface area contributed by atoms with Crippen molar-refractivity contribution in [3.8, 4) is 0 Å². The molecule has 1 aliphatic heterocycles. The molecule has 0 bridgehead atoms. The van der Waals surface area contributed by atoms with Crippen molar-refractivity contribution in [2.24, 2.45) is 0 Å². The van der Waals surface area contributed by atoms with Gasteiger partial charge in [-0.15, -0.1) is 11.3 Å². The molecule has 1 N–H and O–H groups in total. The molecule has 0 spiro atoms. The quantitative estimate of drug-likeness (QED) is 0.813. The summed E-state index contributed by atoms with van der Waals surface area (Å²) in [6, 6.07) is 5.26. The molecular formula is C15H26N2S. The Labute approximate surface area is 115 Å². The zero-order chi connectivity index (χ0) is 12.8. The molecule has 3 heteroatoms. The molecule has 1 aromatic rings. The average Bonchev–Trinajstić information content (AvgIpc) is 2.98. The van der Waals surface area contributed by atoms with Crippen molar-refractivity contribution in [3.05, 3.63) is 21.9 Å². The lowest BCUT2D eigenvalue weighted by Crippen LogP contribution is -2.37. The predicted molar refractivity (Wildman–Crippen MR) is 80.3 cm³/mol. The van der Waals surface area contributed by atoms with E-state index in [-0.39, 0.29) is 0 Å². The minimum Gasteiger partial charge on any atom is -0.313 e. The van der Waals surface area contributed by atoms with Gasteiger partial charge in [0.2, 0.25) is 0 Å². The Bertz CT molecular complexity index is 342. The second-order valence-corrected chi connectivity index (χ2v) is 6.77. The Morgan fingerprint density at radius 2 is 2.33 bits per heavy atom.